The molecular weight excluding hydrogens is 328 g/mol. The van der Waals surface area contributed by atoms with E-state index in [0.29, 0.717) is 6.29 Å². The van der Waals surface area contributed by atoms with Crippen LogP contribution in [0.2, 0.25) is 0 Å². The molecule has 2 N–H and O–H groups in total. The SMILES string of the molecule is O=CC1CN(c2ccc(CCc3ccccc3)cc2O)S(=O)(=O)N1. The molecule has 1 unspecified atom stereocenters. The third kappa shape index (κ3) is 3.42. The lowest BCUT2D eigenvalue weighted by molar-refractivity contribution is -0.108. The molecule has 1 fully saturated rings. The van der Waals surface area contributed by atoms with Crippen molar-refractivity contribution in [3.63, 3.8) is 0 Å². The Bertz CT molecular complexity index is 837. The first-order chi connectivity index (χ1) is 11.5. The first kappa shape index (κ1) is 16.5. The van der Waals surface area contributed by atoms with E-state index >= 15 is 0 Å². The standard InChI is InChI=1S/C17H18N2O4S/c20-12-15-11-19(24(22,23)18-15)16-9-8-14(10-17(16)21)7-6-13-4-2-1-3-5-13/h1-5,8-10,12,15,18,21H,6-7,11H2. The molecule has 7 heteroatoms. The van der Waals surface area contributed by atoms with Crippen molar-refractivity contribution in [2.45, 2.75) is 18.9 Å². The van der Waals surface area contributed by atoms with Gasteiger partial charge in [0.25, 0.3) is 0 Å². The molecule has 0 amide bonds. The summed E-state index contributed by atoms with van der Waals surface area (Å²) >= 11 is 0. The maximum Gasteiger partial charge on any atom is 0.302 e. The third-order valence-corrected chi connectivity index (χ3v) is 5.50. The average Bonchev–Trinajstić information content (AvgIpc) is 2.89. The Morgan fingerprint density at radius 1 is 1.12 bits per heavy atom. The second-order valence-electron chi connectivity index (χ2n) is 5.71. The minimum absolute atomic E-state index is 0.0250. The average molecular weight is 346 g/mol. The maximum absolute atomic E-state index is 12.0. The number of phenolic OH excluding ortho intramolecular Hbond substituents is 1. The number of phenols is 1. The van der Waals surface area contributed by atoms with Crippen molar-refractivity contribution in [1.82, 2.24) is 4.72 Å². The van der Waals surface area contributed by atoms with Gasteiger partial charge in [-0.3, -0.25) is 4.31 Å². The van der Waals surface area contributed by atoms with Gasteiger partial charge >= 0.3 is 10.2 Å². The van der Waals surface area contributed by atoms with Gasteiger partial charge in [0, 0.05) is 0 Å². The largest absolute Gasteiger partial charge is 0.506 e. The number of hydrogen-bond donors (Lipinski definition) is 2. The summed E-state index contributed by atoms with van der Waals surface area (Å²) in [5, 5.41) is 10.2. The molecule has 6 nitrogen and oxygen atoms in total. The molecule has 2 aromatic rings. The molecule has 126 valence electrons. The van der Waals surface area contributed by atoms with Gasteiger partial charge in [-0.25, -0.2) is 0 Å². The number of hydrogen-bond acceptors (Lipinski definition) is 4. The molecule has 1 atom stereocenters. The topological polar surface area (TPSA) is 86.7 Å². The van der Waals surface area contributed by atoms with Crippen LogP contribution in [-0.4, -0.2) is 32.4 Å². The van der Waals surface area contributed by atoms with Crippen LogP contribution in [0.5, 0.6) is 5.75 Å². The van der Waals surface area contributed by atoms with Crippen LogP contribution in [0, 0.1) is 0 Å². The molecule has 0 spiro atoms. The van der Waals surface area contributed by atoms with Gasteiger partial charge in [-0.15, -0.1) is 0 Å². The normalized spacial score (nSPS) is 19.3. The summed E-state index contributed by atoms with van der Waals surface area (Å²) in [5.74, 6) is -0.113. The van der Waals surface area contributed by atoms with Gasteiger partial charge in [-0.1, -0.05) is 36.4 Å². The van der Waals surface area contributed by atoms with Crippen LogP contribution in [0.3, 0.4) is 0 Å². The highest BCUT2D eigenvalue weighted by Gasteiger charge is 2.36. The van der Waals surface area contributed by atoms with Crippen LogP contribution in [0.1, 0.15) is 11.1 Å². The molecule has 24 heavy (non-hydrogen) atoms. The number of nitrogens with one attached hydrogen (secondary N) is 1. The summed E-state index contributed by atoms with van der Waals surface area (Å²) in [6.45, 7) is -0.0250. The van der Waals surface area contributed by atoms with Gasteiger partial charge < -0.3 is 9.90 Å². The molecule has 2 aromatic carbocycles. The fraction of sp³-hybridized carbons (Fsp3) is 0.235. The first-order valence-electron chi connectivity index (χ1n) is 7.61. The first-order valence-corrected chi connectivity index (χ1v) is 9.05. The molecule has 1 heterocycles. The lowest BCUT2D eigenvalue weighted by Gasteiger charge is -2.17. The van der Waals surface area contributed by atoms with Crippen LogP contribution in [-0.2, 0) is 27.8 Å². The van der Waals surface area contributed by atoms with Gasteiger partial charge in [0.15, 0.2) is 0 Å². The molecule has 0 aromatic heterocycles. The van der Waals surface area contributed by atoms with Gasteiger partial charge in [-0.05, 0) is 36.1 Å². The lowest BCUT2D eigenvalue weighted by Crippen LogP contribution is -2.30. The second-order valence-corrected chi connectivity index (χ2v) is 7.33. The number of carbonyl (C=O) groups is 1. The fourth-order valence-electron chi connectivity index (χ4n) is 2.74. The highest BCUT2D eigenvalue weighted by molar-refractivity contribution is 7.91. The predicted molar refractivity (Wildman–Crippen MR) is 91.2 cm³/mol. The summed E-state index contributed by atoms with van der Waals surface area (Å²) in [7, 11) is -3.80. The highest BCUT2D eigenvalue weighted by Crippen LogP contribution is 2.32. The van der Waals surface area contributed by atoms with Crippen LogP contribution in [0.15, 0.2) is 48.5 Å². The van der Waals surface area contributed by atoms with Crippen molar-refractivity contribution in [2.75, 3.05) is 10.8 Å². The Morgan fingerprint density at radius 2 is 1.83 bits per heavy atom. The van der Waals surface area contributed by atoms with Crippen LogP contribution < -0.4 is 9.03 Å². The van der Waals surface area contributed by atoms with E-state index in [4.69, 9.17) is 0 Å². The number of benzene rings is 2. The summed E-state index contributed by atoms with van der Waals surface area (Å²) in [6, 6.07) is 14.1. The summed E-state index contributed by atoms with van der Waals surface area (Å²) in [4.78, 5) is 10.8. The van der Waals surface area contributed by atoms with Crippen molar-refractivity contribution >= 4 is 22.2 Å². The van der Waals surface area contributed by atoms with E-state index in [9.17, 15) is 18.3 Å². The van der Waals surface area contributed by atoms with E-state index in [0.717, 1.165) is 22.7 Å². The Morgan fingerprint density at radius 3 is 2.46 bits per heavy atom. The van der Waals surface area contributed by atoms with Crippen molar-refractivity contribution in [1.29, 1.82) is 0 Å². The number of aromatic hydroxyl groups is 1. The molecule has 3 rings (SSSR count). The number of aryl methyl sites for hydroxylation is 2. The second kappa shape index (κ2) is 6.62. The Balaban J connectivity index is 1.77. The van der Waals surface area contributed by atoms with Crippen molar-refractivity contribution in [3.05, 3.63) is 59.7 Å². The number of nitrogens with zero attached hydrogens (tertiary/aromatic N) is 1. The lowest BCUT2D eigenvalue weighted by atomic mass is 10.0. The van der Waals surface area contributed by atoms with E-state index < -0.39 is 16.3 Å². The molecule has 0 bridgehead atoms. The molecule has 0 radical (unpaired) electrons. The van der Waals surface area contributed by atoms with Crippen LogP contribution in [0.4, 0.5) is 5.69 Å². The summed E-state index contributed by atoms with van der Waals surface area (Å²) < 4.78 is 27.3. The quantitative estimate of drug-likeness (QED) is 0.801. The van der Waals surface area contributed by atoms with Crippen molar-refractivity contribution < 1.29 is 18.3 Å². The van der Waals surface area contributed by atoms with Gasteiger partial charge in [0.05, 0.1) is 18.3 Å². The Kier molecular flexibility index (Phi) is 4.55. The molecule has 1 aliphatic rings. The Hall–Kier alpha value is -2.38. The van der Waals surface area contributed by atoms with Crippen LogP contribution >= 0.6 is 0 Å². The van der Waals surface area contributed by atoms with E-state index in [-0.39, 0.29) is 18.0 Å². The van der Waals surface area contributed by atoms with Crippen LogP contribution in [0.25, 0.3) is 0 Å². The van der Waals surface area contributed by atoms with Gasteiger partial charge in [0.1, 0.15) is 12.0 Å². The van der Waals surface area contributed by atoms with E-state index in [1.807, 2.05) is 30.3 Å². The molecule has 0 aliphatic carbocycles. The molecule has 0 saturated carbocycles. The fourth-order valence-corrected chi connectivity index (χ4v) is 4.15. The third-order valence-electron chi connectivity index (χ3n) is 3.97. The van der Waals surface area contributed by atoms with Crippen molar-refractivity contribution in [3.8, 4) is 5.75 Å². The zero-order valence-electron chi connectivity index (χ0n) is 12.9. The molecule has 1 saturated heterocycles. The number of carbonyl (C=O) groups excluding carboxylic acids is 1. The number of aldehydes is 1. The highest BCUT2D eigenvalue weighted by atomic mass is 32.2. The number of rotatable bonds is 5. The van der Waals surface area contributed by atoms with Gasteiger partial charge in [0.2, 0.25) is 0 Å². The maximum atomic E-state index is 12.0. The monoisotopic (exact) mass is 346 g/mol. The summed E-state index contributed by atoms with van der Waals surface area (Å²) in [5.41, 5.74) is 2.29. The molecular formula is C17H18N2O4S. The van der Waals surface area contributed by atoms with E-state index in [2.05, 4.69) is 4.72 Å². The zero-order chi connectivity index (χ0) is 17.2. The van der Waals surface area contributed by atoms with Gasteiger partial charge in [-0.2, -0.15) is 13.1 Å². The Labute approximate surface area is 140 Å². The molecule has 1 aliphatic heterocycles. The van der Waals surface area contributed by atoms with Crippen molar-refractivity contribution in [2.24, 2.45) is 0 Å². The van der Waals surface area contributed by atoms with E-state index in [1.54, 1.807) is 18.2 Å². The van der Waals surface area contributed by atoms with E-state index in [1.165, 1.54) is 5.56 Å². The zero-order valence-corrected chi connectivity index (χ0v) is 13.7. The minimum atomic E-state index is -3.80. The number of anilines is 1. The minimum Gasteiger partial charge on any atom is -0.506 e. The summed E-state index contributed by atoms with van der Waals surface area (Å²) in [6.07, 6.45) is 2.11. The smallest absolute Gasteiger partial charge is 0.302 e. The predicted octanol–water partition coefficient (Wildman–Crippen LogP) is 1.40.